The zero-order valence-corrected chi connectivity index (χ0v) is 12.5. The average Bonchev–Trinajstić information content (AvgIpc) is 2.42. The lowest BCUT2D eigenvalue weighted by Gasteiger charge is -2.16. The number of aromatic nitrogens is 1. The first-order chi connectivity index (χ1) is 9.58. The molecule has 6 heteroatoms. The van der Waals surface area contributed by atoms with Gasteiger partial charge in [0.05, 0.1) is 9.40 Å². The lowest BCUT2D eigenvalue weighted by Crippen LogP contribution is -2.19. The van der Waals surface area contributed by atoms with Crippen LogP contribution in [-0.4, -0.2) is 15.9 Å². The monoisotopic (exact) mass is 335 g/mol. The molecule has 2 aromatic rings. The van der Waals surface area contributed by atoms with Crippen molar-refractivity contribution in [3.63, 3.8) is 0 Å². The van der Waals surface area contributed by atoms with Gasteiger partial charge in [-0.1, -0.05) is 30.3 Å². The summed E-state index contributed by atoms with van der Waals surface area (Å²) in [7, 11) is 0. The number of hydrogen-bond donors (Lipinski definition) is 1. The molecule has 5 nitrogen and oxygen atoms in total. The van der Waals surface area contributed by atoms with Crippen molar-refractivity contribution in [2.45, 2.75) is 19.4 Å². The molecule has 1 N–H and O–H groups in total. The molecule has 0 spiro atoms. The van der Waals surface area contributed by atoms with E-state index < -0.39 is 4.92 Å². The lowest BCUT2D eigenvalue weighted by molar-refractivity contribution is -0.384. The Morgan fingerprint density at radius 2 is 2.05 bits per heavy atom. The van der Waals surface area contributed by atoms with Crippen LogP contribution in [0.5, 0.6) is 0 Å². The molecule has 1 atom stereocenters. The van der Waals surface area contributed by atoms with E-state index in [9.17, 15) is 10.1 Å². The number of anilines is 1. The van der Waals surface area contributed by atoms with E-state index in [-0.39, 0.29) is 11.7 Å². The summed E-state index contributed by atoms with van der Waals surface area (Å²) in [5.41, 5.74) is 1.62. The fraction of sp³-hybridized carbons (Fsp3) is 0.214. The Bertz CT molecular complexity index is 605. The molecule has 1 aromatic carbocycles. The number of nitro groups is 1. The van der Waals surface area contributed by atoms with Crippen LogP contribution >= 0.6 is 15.9 Å². The normalized spacial score (nSPS) is 11.9. The van der Waals surface area contributed by atoms with E-state index in [0.29, 0.717) is 10.2 Å². The van der Waals surface area contributed by atoms with Gasteiger partial charge in [-0.25, -0.2) is 0 Å². The first-order valence-electron chi connectivity index (χ1n) is 6.16. The Morgan fingerprint density at radius 3 is 2.70 bits per heavy atom. The first kappa shape index (κ1) is 14.5. The van der Waals surface area contributed by atoms with E-state index in [0.717, 1.165) is 6.42 Å². The summed E-state index contributed by atoms with van der Waals surface area (Å²) in [6.45, 7) is 1.99. The second-order valence-electron chi connectivity index (χ2n) is 4.51. The fourth-order valence-corrected chi connectivity index (χ4v) is 2.41. The summed E-state index contributed by atoms with van der Waals surface area (Å²) < 4.78 is 0.589. The molecular weight excluding hydrogens is 322 g/mol. The number of halogens is 1. The van der Waals surface area contributed by atoms with E-state index in [1.165, 1.54) is 11.8 Å². The van der Waals surface area contributed by atoms with Crippen LogP contribution < -0.4 is 5.32 Å². The number of pyridine rings is 1. The summed E-state index contributed by atoms with van der Waals surface area (Å²) in [6, 6.07) is 10.1. The van der Waals surface area contributed by atoms with E-state index in [4.69, 9.17) is 0 Å². The van der Waals surface area contributed by atoms with Crippen molar-refractivity contribution in [2.24, 2.45) is 0 Å². The van der Waals surface area contributed by atoms with Gasteiger partial charge in [-0.15, -0.1) is 0 Å². The largest absolute Gasteiger partial charge is 0.376 e. The Kier molecular flexibility index (Phi) is 4.68. The molecule has 0 amide bonds. The zero-order valence-electron chi connectivity index (χ0n) is 10.9. The maximum atomic E-state index is 11.0. The predicted molar refractivity (Wildman–Crippen MR) is 81.8 cm³/mol. The molecule has 2 rings (SSSR count). The molecule has 0 fully saturated rings. The summed E-state index contributed by atoms with van der Waals surface area (Å²) in [5, 5.41) is 14.2. The Labute approximate surface area is 125 Å². The highest BCUT2D eigenvalue weighted by Gasteiger charge is 2.18. The number of nitrogens with zero attached hydrogens (tertiary/aromatic N) is 2. The van der Waals surface area contributed by atoms with Gasteiger partial charge in [-0.05, 0) is 34.8 Å². The minimum atomic E-state index is -0.435. The molecule has 0 aliphatic heterocycles. The van der Waals surface area contributed by atoms with Crippen LogP contribution in [-0.2, 0) is 6.42 Å². The van der Waals surface area contributed by atoms with Crippen LogP contribution in [0.2, 0.25) is 0 Å². The molecular formula is C14H14BrN3O2. The Balaban J connectivity index is 2.15. The third kappa shape index (κ3) is 3.54. The van der Waals surface area contributed by atoms with Gasteiger partial charge < -0.3 is 5.32 Å². The summed E-state index contributed by atoms with van der Waals surface area (Å²) in [5.74, 6) is 0. The van der Waals surface area contributed by atoms with Crippen molar-refractivity contribution in [2.75, 3.05) is 5.32 Å². The molecule has 1 unspecified atom stereocenters. The van der Waals surface area contributed by atoms with Crippen molar-refractivity contribution >= 4 is 27.3 Å². The SMILES string of the molecule is CC(Cc1ccccc1)Nc1c(Br)cncc1[N+](=O)[O-]. The molecule has 1 heterocycles. The molecule has 104 valence electrons. The van der Waals surface area contributed by atoms with Crippen molar-refractivity contribution in [3.05, 3.63) is 62.9 Å². The highest BCUT2D eigenvalue weighted by molar-refractivity contribution is 9.10. The third-order valence-electron chi connectivity index (χ3n) is 2.85. The van der Waals surface area contributed by atoms with Crippen LogP contribution in [0.15, 0.2) is 47.2 Å². The van der Waals surface area contributed by atoms with Crippen molar-refractivity contribution in [1.29, 1.82) is 0 Å². The first-order valence-corrected chi connectivity index (χ1v) is 6.95. The highest BCUT2D eigenvalue weighted by Crippen LogP contribution is 2.31. The van der Waals surface area contributed by atoms with Gasteiger partial charge >= 0.3 is 5.69 Å². The minimum Gasteiger partial charge on any atom is -0.376 e. The predicted octanol–water partition coefficient (Wildman–Crippen LogP) is 3.80. The van der Waals surface area contributed by atoms with E-state index >= 15 is 0 Å². The number of nitrogens with one attached hydrogen (secondary N) is 1. The standard InChI is InChI=1S/C14H14BrN3O2/c1-10(7-11-5-3-2-4-6-11)17-14-12(15)8-16-9-13(14)18(19)20/h2-6,8-10H,7H2,1H3,(H,16,17). The molecule has 0 saturated heterocycles. The number of hydrogen-bond acceptors (Lipinski definition) is 4. The average molecular weight is 336 g/mol. The highest BCUT2D eigenvalue weighted by atomic mass is 79.9. The maximum absolute atomic E-state index is 11.0. The molecule has 0 aliphatic carbocycles. The van der Waals surface area contributed by atoms with Crippen LogP contribution in [0.3, 0.4) is 0 Å². The van der Waals surface area contributed by atoms with Gasteiger partial charge in [0.1, 0.15) is 11.9 Å². The number of benzene rings is 1. The van der Waals surface area contributed by atoms with Gasteiger partial charge in [0.25, 0.3) is 0 Å². The van der Waals surface area contributed by atoms with Crippen molar-refractivity contribution in [3.8, 4) is 0 Å². The van der Waals surface area contributed by atoms with Crippen LogP contribution in [0, 0.1) is 10.1 Å². The van der Waals surface area contributed by atoms with E-state index in [1.54, 1.807) is 6.20 Å². The molecule has 0 bridgehead atoms. The minimum absolute atomic E-state index is 0.0284. The van der Waals surface area contributed by atoms with Gasteiger partial charge in [0, 0.05) is 12.2 Å². The molecule has 1 aromatic heterocycles. The van der Waals surface area contributed by atoms with Crippen molar-refractivity contribution < 1.29 is 4.92 Å². The molecule has 0 radical (unpaired) electrons. The smallest absolute Gasteiger partial charge is 0.311 e. The molecule has 0 saturated carbocycles. The van der Waals surface area contributed by atoms with Crippen LogP contribution in [0.1, 0.15) is 12.5 Å². The third-order valence-corrected chi connectivity index (χ3v) is 3.45. The van der Waals surface area contributed by atoms with Gasteiger partial charge in [0.15, 0.2) is 0 Å². The van der Waals surface area contributed by atoms with Crippen LogP contribution in [0.4, 0.5) is 11.4 Å². The second kappa shape index (κ2) is 6.47. The topological polar surface area (TPSA) is 68.1 Å². The van der Waals surface area contributed by atoms with Gasteiger partial charge in [-0.3, -0.25) is 15.1 Å². The summed E-state index contributed by atoms with van der Waals surface area (Å²) >= 11 is 3.30. The number of rotatable bonds is 5. The Hall–Kier alpha value is -1.95. The van der Waals surface area contributed by atoms with E-state index in [1.807, 2.05) is 37.3 Å². The zero-order chi connectivity index (χ0) is 14.5. The Morgan fingerprint density at radius 1 is 1.35 bits per heavy atom. The molecule has 0 aliphatic rings. The molecule has 20 heavy (non-hydrogen) atoms. The summed E-state index contributed by atoms with van der Waals surface area (Å²) in [4.78, 5) is 14.4. The maximum Gasteiger partial charge on any atom is 0.311 e. The summed E-state index contributed by atoms with van der Waals surface area (Å²) in [6.07, 6.45) is 3.58. The quantitative estimate of drug-likeness (QED) is 0.666. The lowest BCUT2D eigenvalue weighted by atomic mass is 10.1. The van der Waals surface area contributed by atoms with Gasteiger partial charge in [-0.2, -0.15) is 0 Å². The van der Waals surface area contributed by atoms with E-state index in [2.05, 4.69) is 26.2 Å². The van der Waals surface area contributed by atoms with Gasteiger partial charge in [0.2, 0.25) is 0 Å². The fourth-order valence-electron chi connectivity index (χ4n) is 1.97. The second-order valence-corrected chi connectivity index (χ2v) is 5.36. The van der Waals surface area contributed by atoms with Crippen LogP contribution in [0.25, 0.3) is 0 Å². The van der Waals surface area contributed by atoms with Crippen molar-refractivity contribution in [1.82, 2.24) is 4.98 Å².